The lowest BCUT2D eigenvalue weighted by Crippen LogP contribution is -2.49. The summed E-state index contributed by atoms with van der Waals surface area (Å²) in [7, 11) is 1.40. The fraction of sp³-hybridized carbons (Fsp3) is 0.632. The standard InChI is InChI=1S/C19H27BrO4/c1-14-9-10-17(19(2,20)18(21)22-3)24-16(14)11-12-23-13-15-7-5-4-6-8-15/h4-8,14,16-17H,9-13H2,1-3H3/t14-,16+,17-,19?/m0/s1. The van der Waals surface area contributed by atoms with Crippen LogP contribution in [0.5, 0.6) is 0 Å². The van der Waals surface area contributed by atoms with Crippen molar-refractivity contribution in [1.82, 2.24) is 0 Å². The molecule has 1 saturated heterocycles. The summed E-state index contributed by atoms with van der Waals surface area (Å²) in [5.41, 5.74) is 1.17. The van der Waals surface area contributed by atoms with Gasteiger partial charge in [-0.2, -0.15) is 0 Å². The first-order chi connectivity index (χ1) is 11.4. The Bertz CT molecular complexity index is 517. The second-order valence-electron chi connectivity index (χ2n) is 6.61. The molecule has 4 atom stereocenters. The summed E-state index contributed by atoms with van der Waals surface area (Å²) in [4.78, 5) is 12.0. The third-order valence-corrected chi connectivity index (χ3v) is 5.54. The van der Waals surface area contributed by atoms with E-state index in [0.29, 0.717) is 19.1 Å². The van der Waals surface area contributed by atoms with E-state index in [1.165, 1.54) is 12.7 Å². The van der Waals surface area contributed by atoms with E-state index < -0.39 is 4.32 Å². The molecule has 4 nitrogen and oxygen atoms in total. The van der Waals surface area contributed by atoms with E-state index in [-0.39, 0.29) is 18.2 Å². The summed E-state index contributed by atoms with van der Waals surface area (Å²) >= 11 is 3.50. The molecule has 0 aliphatic carbocycles. The lowest BCUT2D eigenvalue weighted by Gasteiger charge is -2.40. The van der Waals surface area contributed by atoms with Gasteiger partial charge in [0, 0.05) is 6.61 Å². The molecule has 1 aliphatic heterocycles. The van der Waals surface area contributed by atoms with Gasteiger partial charge in [-0.25, -0.2) is 0 Å². The number of hydrogen-bond acceptors (Lipinski definition) is 4. The van der Waals surface area contributed by atoms with Crippen molar-refractivity contribution in [2.75, 3.05) is 13.7 Å². The number of halogens is 1. The first-order valence-corrected chi connectivity index (χ1v) is 9.29. The number of carbonyl (C=O) groups is 1. The van der Waals surface area contributed by atoms with E-state index in [1.54, 1.807) is 0 Å². The smallest absolute Gasteiger partial charge is 0.325 e. The second-order valence-corrected chi connectivity index (χ2v) is 8.26. The maximum absolute atomic E-state index is 12.0. The van der Waals surface area contributed by atoms with Crippen molar-refractivity contribution in [3.63, 3.8) is 0 Å². The molecule has 1 aliphatic rings. The van der Waals surface area contributed by atoms with Crippen molar-refractivity contribution < 1.29 is 19.0 Å². The number of esters is 1. The van der Waals surface area contributed by atoms with Crippen LogP contribution in [0, 0.1) is 5.92 Å². The minimum atomic E-state index is -0.801. The predicted molar refractivity (Wildman–Crippen MR) is 97.1 cm³/mol. The Balaban J connectivity index is 1.82. The van der Waals surface area contributed by atoms with Gasteiger partial charge in [-0.15, -0.1) is 0 Å². The van der Waals surface area contributed by atoms with Gasteiger partial charge in [0.1, 0.15) is 4.32 Å². The number of methoxy groups -OCH3 is 1. The minimum Gasteiger partial charge on any atom is -0.468 e. The van der Waals surface area contributed by atoms with Gasteiger partial charge in [0.05, 0.1) is 25.9 Å². The molecule has 0 N–H and O–H groups in total. The summed E-state index contributed by atoms with van der Waals surface area (Å²) in [6, 6.07) is 10.1. The molecule has 5 heteroatoms. The number of carbonyl (C=O) groups excluding carboxylic acids is 1. The van der Waals surface area contributed by atoms with Crippen molar-refractivity contribution in [3.8, 4) is 0 Å². The van der Waals surface area contributed by atoms with Gasteiger partial charge < -0.3 is 14.2 Å². The van der Waals surface area contributed by atoms with E-state index in [2.05, 4.69) is 35.0 Å². The Labute approximate surface area is 153 Å². The average Bonchev–Trinajstić information content (AvgIpc) is 2.60. The first-order valence-electron chi connectivity index (χ1n) is 8.49. The molecular formula is C19H27BrO4. The van der Waals surface area contributed by atoms with E-state index in [4.69, 9.17) is 14.2 Å². The van der Waals surface area contributed by atoms with Crippen molar-refractivity contribution in [1.29, 1.82) is 0 Å². The van der Waals surface area contributed by atoms with Gasteiger partial charge in [-0.05, 0) is 37.7 Å². The molecule has 1 aromatic carbocycles. The lowest BCUT2D eigenvalue weighted by atomic mass is 9.87. The number of rotatable bonds is 7. The molecule has 0 aromatic heterocycles. The fourth-order valence-electron chi connectivity index (χ4n) is 3.06. The van der Waals surface area contributed by atoms with E-state index >= 15 is 0 Å². The van der Waals surface area contributed by atoms with Gasteiger partial charge in [0.25, 0.3) is 0 Å². The van der Waals surface area contributed by atoms with Crippen molar-refractivity contribution >= 4 is 21.9 Å². The fourth-order valence-corrected chi connectivity index (χ4v) is 3.56. The van der Waals surface area contributed by atoms with Gasteiger partial charge in [0.15, 0.2) is 0 Å². The first kappa shape index (κ1) is 19.4. The molecule has 0 radical (unpaired) electrons. The summed E-state index contributed by atoms with van der Waals surface area (Å²) in [5.74, 6) is 0.170. The molecule has 0 bridgehead atoms. The van der Waals surface area contributed by atoms with Gasteiger partial charge in [0.2, 0.25) is 0 Å². The number of alkyl halides is 1. The second kappa shape index (κ2) is 8.97. The number of ether oxygens (including phenoxy) is 3. The van der Waals surface area contributed by atoms with Gasteiger partial charge >= 0.3 is 5.97 Å². The molecular weight excluding hydrogens is 372 g/mol. The highest BCUT2D eigenvalue weighted by Gasteiger charge is 2.44. The lowest BCUT2D eigenvalue weighted by molar-refractivity contribution is -0.154. The van der Waals surface area contributed by atoms with Crippen LogP contribution in [0.4, 0.5) is 0 Å². The molecule has 2 rings (SSSR count). The Morgan fingerprint density at radius 2 is 2.04 bits per heavy atom. The largest absolute Gasteiger partial charge is 0.468 e. The quantitative estimate of drug-likeness (QED) is 0.393. The van der Waals surface area contributed by atoms with Crippen molar-refractivity contribution in [3.05, 3.63) is 35.9 Å². The van der Waals surface area contributed by atoms with E-state index in [0.717, 1.165) is 19.3 Å². The SMILES string of the molecule is COC(=O)C(C)(Br)[C@@H]1CC[C@H](C)[C@@H](CCOCc2ccccc2)O1. The normalized spacial score (nSPS) is 26.6. The van der Waals surface area contributed by atoms with Crippen molar-refractivity contribution in [2.24, 2.45) is 5.92 Å². The zero-order valence-electron chi connectivity index (χ0n) is 14.7. The van der Waals surface area contributed by atoms with E-state index in [1.807, 2.05) is 25.1 Å². The topological polar surface area (TPSA) is 44.8 Å². The molecule has 134 valence electrons. The third-order valence-electron chi connectivity index (χ3n) is 4.71. The third kappa shape index (κ3) is 5.04. The summed E-state index contributed by atoms with van der Waals surface area (Å²) in [6.07, 6.45) is 2.63. The van der Waals surface area contributed by atoms with Crippen LogP contribution in [0.2, 0.25) is 0 Å². The van der Waals surface area contributed by atoms with Crippen LogP contribution >= 0.6 is 15.9 Å². The van der Waals surface area contributed by atoms with Crippen LogP contribution in [-0.4, -0.2) is 36.2 Å². The highest BCUT2D eigenvalue weighted by Crippen LogP contribution is 2.36. The minimum absolute atomic E-state index is 0.0982. The van der Waals surface area contributed by atoms with Crippen LogP contribution in [0.3, 0.4) is 0 Å². The average molecular weight is 399 g/mol. The summed E-state index contributed by atoms with van der Waals surface area (Å²) in [6.45, 7) is 5.28. The highest BCUT2D eigenvalue weighted by atomic mass is 79.9. The molecule has 1 unspecified atom stereocenters. The summed E-state index contributed by atoms with van der Waals surface area (Å²) < 4.78 is 16.1. The molecule has 1 fully saturated rings. The Morgan fingerprint density at radius 3 is 2.71 bits per heavy atom. The van der Waals surface area contributed by atoms with Crippen LogP contribution in [0.1, 0.15) is 38.7 Å². The molecule has 0 amide bonds. The van der Waals surface area contributed by atoms with Crippen LogP contribution in [0.25, 0.3) is 0 Å². The Morgan fingerprint density at radius 1 is 1.33 bits per heavy atom. The summed E-state index contributed by atoms with van der Waals surface area (Å²) in [5, 5.41) is 0. The Kier molecular flexibility index (Phi) is 7.26. The maximum Gasteiger partial charge on any atom is 0.325 e. The maximum atomic E-state index is 12.0. The highest BCUT2D eigenvalue weighted by molar-refractivity contribution is 9.10. The van der Waals surface area contributed by atoms with E-state index in [9.17, 15) is 4.79 Å². The van der Waals surface area contributed by atoms with Crippen LogP contribution < -0.4 is 0 Å². The Hall–Kier alpha value is -0.910. The molecule has 0 saturated carbocycles. The zero-order valence-corrected chi connectivity index (χ0v) is 16.3. The van der Waals surface area contributed by atoms with Gasteiger partial charge in [-0.3, -0.25) is 4.79 Å². The number of benzene rings is 1. The van der Waals surface area contributed by atoms with Crippen LogP contribution in [0.15, 0.2) is 30.3 Å². The molecule has 0 spiro atoms. The van der Waals surface area contributed by atoms with Crippen molar-refractivity contribution in [2.45, 2.75) is 56.2 Å². The molecule has 24 heavy (non-hydrogen) atoms. The van der Waals surface area contributed by atoms with Gasteiger partial charge in [-0.1, -0.05) is 53.2 Å². The van der Waals surface area contributed by atoms with Crippen LogP contribution in [-0.2, 0) is 25.6 Å². The zero-order chi connectivity index (χ0) is 17.6. The monoisotopic (exact) mass is 398 g/mol. The predicted octanol–water partition coefficient (Wildman–Crippen LogP) is 4.10. The molecule has 1 heterocycles. The molecule has 1 aromatic rings. The number of hydrogen-bond donors (Lipinski definition) is 0.